The lowest BCUT2D eigenvalue weighted by atomic mass is 9.94. The first kappa shape index (κ1) is 13.0. The molecule has 0 aromatic rings. The first-order valence-electron chi connectivity index (χ1n) is 6.60. The fourth-order valence-corrected chi connectivity index (χ4v) is 2.61. The lowest BCUT2D eigenvalue weighted by molar-refractivity contribution is 0.197. The van der Waals surface area contributed by atoms with Crippen LogP contribution >= 0.6 is 0 Å². The SMILES string of the molecule is CCCN(CCC1(N)CCCC1)C(C)C. The van der Waals surface area contributed by atoms with E-state index in [0.717, 1.165) is 0 Å². The van der Waals surface area contributed by atoms with Crippen LogP contribution in [-0.2, 0) is 0 Å². The molecule has 1 rings (SSSR count). The largest absolute Gasteiger partial charge is 0.325 e. The predicted molar refractivity (Wildman–Crippen MR) is 67.0 cm³/mol. The van der Waals surface area contributed by atoms with Gasteiger partial charge < -0.3 is 10.6 Å². The third-order valence-electron chi connectivity index (χ3n) is 3.74. The monoisotopic (exact) mass is 212 g/mol. The van der Waals surface area contributed by atoms with Gasteiger partial charge in [0.05, 0.1) is 0 Å². The quantitative estimate of drug-likeness (QED) is 0.733. The summed E-state index contributed by atoms with van der Waals surface area (Å²) in [5.74, 6) is 0. The number of rotatable bonds is 6. The maximum absolute atomic E-state index is 6.38. The van der Waals surface area contributed by atoms with Crippen molar-refractivity contribution in [1.29, 1.82) is 0 Å². The average molecular weight is 212 g/mol. The third kappa shape index (κ3) is 4.12. The van der Waals surface area contributed by atoms with Gasteiger partial charge in [-0.2, -0.15) is 0 Å². The molecule has 1 aliphatic carbocycles. The minimum absolute atomic E-state index is 0.168. The minimum atomic E-state index is 0.168. The molecule has 2 nitrogen and oxygen atoms in total. The highest BCUT2D eigenvalue weighted by Gasteiger charge is 2.29. The second kappa shape index (κ2) is 5.86. The van der Waals surface area contributed by atoms with Gasteiger partial charge >= 0.3 is 0 Å². The number of hydrogen-bond donors (Lipinski definition) is 1. The summed E-state index contributed by atoms with van der Waals surface area (Å²) in [7, 11) is 0. The van der Waals surface area contributed by atoms with E-state index in [9.17, 15) is 0 Å². The molecule has 0 spiro atoms. The average Bonchev–Trinajstić information content (AvgIpc) is 2.60. The fourth-order valence-electron chi connectivity index (χ4n) is 2.61. The Balaban J connectivity index is 2.32. The zero-order valence-corrected chi connectivity index (χ0v) is 10.8. The van der Waals surface area contributed by atoms with Crippen LogP contribution in [0.15, 0.2) is 0 Å². The smallest absolute Gasteiger partial charge is 0.0166 e. The van der Waals surface area contributed by atoms with Crippen molar-refractivity contribution in [1.82, 2.24) is 4.90 Å². The fraction of sp³-hybridized carbons (Fsp3) is 1.00. The van der Waals surface area contributed by atoms with E-state index in [4.69, 9.17) is 5.73 Å². The Morgan fingerprint density at radius 1 is 1.20 bits per heavy atom. The van der Waals surface area contributed by atoms with Gasteiger partial charge in [-0.25, -0.2) is 0 Å². The maximum Gasteiger partial charge on any atom is 0.0166 e. The van der Waals surface area contributed by atoms with Gasteiger partial charge in [0.1, 0.15) is 0 Å². The molecule has 0 amide bonds. The summed E-state index contributed by atoms with van der Waals surface area (Å²) in [5, 5.41) is 0. The van der Waals surface area contributed by atoms with Crippen molar-refractivity contribution in [2.75, 3.05) is 13.1 Å². The highest BCUT2D eigenvalue weighted by Crippen LogP contribution is 2.30. The Morgan fingerprint density at radius 2 is 1.80 bits per heavy atom. The van der Waals surface area contributed by atoms with Crippen LogP contribution in [0.25, 0.3) is 0 Å². The van der Waals surface area contributed by atoms with E-state index in [2.05, 4.69) is 25.7 Å². The van der Waals surface area contributed by atoms with E-state index in [0.29, 0.717) is 6.04 Å². The summed E-state index contributed by atoms with van der Waals surface area (Å²) in [6, 6.07) is 0.662. The summed E-state index contributed by atoms with van der Waals surface area (Å²) in [6.45, 7) is 9.22. The van der Waals surface area contributed by atoms with Crippen molar-refractivity contribution in [2.45, 2.75) is 70.9 Å². The molecule has 2 heteroatoms. The molecule has 0 atom stereocenters. The van der Waals surface area contributed by atoms with E-state index in [1.54, 1.807) is 0 Å². The molecule has 0 saturated heterocycles. The van der Waals surface area contributed by atoms with Crippen LogP contribution < -0.4 is 5.73 Å². The highest BCUT2D eigenvalue weighted by atomic mass is 15.1. The zero-order chi connectivity index (χ0) is 11.3. The maximum atomic E-state index is 6.38. The second-order valence-electron chi connectivity index (χ2n) is 5.45. The lowest BCUT2D eigenvalue weighted by Gasteiger charge is -2.31. The van der Waals surface area contributed by atoms with Gasteiger partial charge in [-0.05, 0) is 46.1 Å². The van der Waals surface area contributed by atoms with Crippen LogP contribution in [0.5, 0.6) is 0 Å². The van der Waals surface area contributed by atoms with Crippen LogP contribution in [0, 0.1) is 0 Å². The van der Waals surface area contributed by atoms with Crippen molar-refractivity contribution >= 4 is 0 Å². The summed E-state index contributed by atoms with van der Waals surface area (Å²) in [4.78, 5) is 2.56. The molecule has 1 fully saturated rings. The van der Waals surface area contributed by atoms with E-state index in [1.165, 1.54) is 51.6 Å². The van der Waals surface area contributed by atoms with E-state index >= 15 is 0 Å². The Labute approximate surface area is 95.2 Å². The van der Waals surface area contributed by atoms with Gasteiger partial charge in [-0.1, -0.05) is 19.8 Å². The number of nitrogens with two attached hydrogens (primary N) is 1. The molecule has 1 aliphatic rings. The molecule has 0 aromatic heterocycles. The van der Waals surface area contributed by atoms with Crippen LogP contribution in [0.3, 0.4) is 0 Å². The molecule has 0 heterocycles. The van der Waals surface area contributed by atoms with Crippen LogP contribution in [-0.4, -0.2) is 29.6 Å². The van der Waals surface area contributed by atoms with Gasteiger partial charge in [-0.3, -0.25) is 0 Å². The van der Waals surface area contributed by atoms with Crippen molar-refractivity contribution < 1.29 is 0 Å². The van der Waals surface area contributed by atoms with Crippen molar-refractivity contribution in [3.8, 4) is 0 Å². The Bertz CT molecular complexity index is 171. The molecule has 0 bridgehead atoms. The van der Waals surface area contributed by atoms with Gasteiger partial charge in [0, 0.05) is 18.1 Å². The normalized spacial score (nSPS) is 20.4. The molecule has 0 aliphatic heterocycles. The predicted octanol–water partition coefficient (Wildman–Crippen LogP) is 2.77. The summed E-state index contributed by atoms with van der Waals surface area (Å²) in [5.41, 5.74) is 6.54. The van der Waals surface area contributed by atoms with Gasteiger partial charge in [0.25, 0.3) is 0 Å². The van der Waals surface area contributed by atoms with Gasteiger partial charge in [0.2, 0.25) is 0 Å². The standard InChI is InChI=1S/C13H28N2/c1-4-10-15(12(2)3)11-9-13(14)7-5-6-8-13/h12H,4-11,14H2,1-3H3. The first-order chi connectivity index (χ1) is 7.07. The molecular weight excluding hydrogens is 184 g/mol. The van der Waals surface area contributed by atoms with Crippen molar-refractivity contribution in [3.63, 3.8) is 0 Å². The Kier molecular flexibility index (Phi) is 5.07. The lowest BCUT2D eigenvalue weighted by Crippen LogP contribution is -2.42. The third-order valence-corrected chi connectivity index (χ3v) is 3.74. The topological polar surface area (TPSA) is 29.3 Å². The zero-order valence-electron chi connectivity index (χ0n) is 10.8. The molecule has 0 unspecified atom stereocenters. The summed E-state index contributed by atoms with van der Waals surface area (Å²) in [6.07, 6.45) is 7.59. The molecule has 90 valence electrons. The van der Waals surface area contributed by atoms with Gasteiger partial charge in [0.15, 0.2) is 0 Å². The van der Waals surface area contributed by atoms with E-state index in [1.807, 2.05) is 0 Å². The van der Waals surface area contributed by atoms with Gasteiger partial charge in [-0.15, -0.1) is 0 Å². The summed E-state index contributed by atoms with van der Waals surface area (Å²) >= 11 is 0. The van der Waals surface area contributed by atoms with Crippen molar-refractivity contribution in [2.24, 2.45) is 5.73 Å². The van der Waals surface area contributed by atoms with Crippen LogP contribution in [0.4, 0.5) is 0 Å². The molecule has 2 N–H and O–H groups in total. The second-order valence-corrected chi connectivity index (χ2v) is 5.45. The summed E-state index contributed by atoms with van der Waals surface area (Å²) < 4.78 is 0. The van der Waals surface area contributed by atoms with Crippen LogP contribution in [0.2, 0.25) is 0 Å². The molecule has 1 saturated carbocycles. The Hall–Kier alpha value is -0.0800. The molecule has 0 aromatic carbocycles. The molecule has 15 heavy (non-hydrogen) atoms. The van der Waals surface area contributed by atoms with Crippen molar-refractivity contribution in [3.05, 3.63) is 0 Å². The first-order valence-corrected chi connectivity index (χ1v) is 6.60. The van der Waals surface area contributed by atoms with E-state index in [-0.39, 0.29) is 5.54 Å². The van der Waals surface area contributed by atoms with Crippen LogP contribution in [0.1, 0.15) is 59.3 Å². The minimum Gasteiger partial charge on any atom is -0.325 e. The Morgan fingerprint density at radius 3 is 2.27 bits per heavy atom. The number of hydrogen-bond acceptors (Lipinski definition) is 2. The molecule has 0 radical (unpaired) electrons. The van der Waals surface area contributed by atoms with E-state index < -0.39 is 0 Å². The molecular formula is C13H28N2. The highest BCUT2D eigenvalue weighted by molar-refractivity contribution is 4.90. The number of nitrogens with zero attached hydrogens (tertiary/aromatic N) is 1.